The van der Waals surface area contributed by atoms with Crippen LogP contribution in [0, 0.1) is 0 Å². The highest BCUT2D eigenvalue weighted by Crippen LogP contribution is 2.20. The van der Waals surface area contributed by atoms with E-state index in [1.807, 2.05) is 40.7 Å². The van der Waals surface area contributed by atoms with Crippen LogP contribution in [0.15, 0.2) is 43.4 Å². The van der Waals surface area contributed by atoms with Gasteiger partial charge in [-0.25, -0.2) is 14.5 Å². The number of nitrogens with zero attached hydrogens (tertiary/aromatic N) is 7. The maximum Gasteiger partial charge on any atom is 0.243 e. The first-order chi connectivity index (χ1) is 10.7. The average molecular weight is 315 g/mol. The molecule has 4 aromatic heterocycles. The zero-order valence-electron chi connectivity index (χ0n) is 11.5. The number of hydrogen-bond acceptors (Lipinski definition) is 5. The van der Waals surface area contributed by atoms with Crippen molar-refractivity contribution >= 4 is 28.8 Å². The summed E-state index contributed by atoms with van der Waals surface area (Å²) in [6.45, 7) is 0. The van der Waals surface area contributed by atoms with Crippen molar-refractivity contribution in [3.63, 3.8) is 0 Å². The largest absolute Gasteiger partial charge is 0.338 e. The highest BCUT2D eigenvalue weighted by Gasteiger charge is 2.09. The predicted octanol–water partition coefficient (Wildman–Crippen LogP) is 2.05. The Morgan fingerprint density at radius 1 is 1.18 bits per heavy atom. The second kappa shape index (κ2) is 4.85. The highest BCUT2D eigenvalue weighted by atomic mass is 35.5. The maximum absolute atomic E-state index is 5.93. The molecule has 0 atom stereocenters. The molecule has 1 N–H and O–H groups in total. The smallest absolute Gasteiger partial charge is 0.243 e. The van der Waals surface area contributed by atoms with Gasteiger partial charge in [0, 0.05) is 19.4 Å². The van der Waals surface area contributed by atoms with E-state index in [4.69, 9.17) is 11.6 Å². The number of anilines is 2. The fraction of sp³-hybridized carbons (Fsp3) is 0.0769. The van der Waals surface area contributed by atoms with E-state index in [1.54, 1.807) is 23.4 Å². The van der Waals surface area contributed by atoms with Crippen LogP contribution in [0.1, 0.15) is 0 Å². The maximum atomic E-state index is 5.93. The van der Waals surface area contributed by atoms with E-state index in [0.29, 0.717) is 11.6 Å². The van der Waals surface area contributed by atoms with Crippen molar-refractivity contribution in [1.29, 1.82) is 0 Å². The Balaban J connectivity index is 1.68. The SMILES string of the molecule is Cn1cnc(-n2cnc(Nc3nc(Cl)nn4cccc34)c2)c1. The molecule has 0 aliphatic carbocycles. The summed E-state index contributed by atoms with van der Waals surface area (Å²) in [6, 6.07) is 3.77. The molecule has 4 heterocycles. The van der Waals surface area contributed by atoms with Crippen LogP contribution in [-0.4, -0.2) is 33.7 Å². The lowest BCUT2D eigenvalue weighted by molar-refractivity contribution is 0.907. The van der Waals surface area contributed by atoms with Gasteiger partial charge in [-0.3, -0.25) is 4.57 Å². The van der Waals surface area contributed by atoms with Crippen LogP contribution in [0.4, 0.5) is 11.6 Å². The molecule has 0 spiro atoms. The number of nitrogens with one attached hydrogen (secondary N) is 1. The molecule has 0 bridgehead atoms. The topological polar surface area (TPSA) is 77.9 Å². The van der Waals surface area contributed by atoms with Crippen molar-refractivity contribution in [2.45, 2.75) is 0 Å². The Hall–Kier alpha value is -2.87. The molecule has 110 valence electrons. The molecule has 4 aromatic rings. The van der Waals surface area contributed by atoms with Crippen LogP contribution in [-0.2, 0) is 7.05 Å². The van der Waals surface area contributed by atoms with Gasteiger partial charge in [0.05, 0.1) is 12.5 Å². The lowest BCUT2D eigenvalue weighted by Gasteiger charge is -2.04. The first kappa shape index (κ1) is 12.8. The second-order valence-corrected chi connectivity index (χ2v) is 5.09. The van der Waals surface area contributed by atoms with Crippen LogP contribution >= 0.6 is 11.6 Å². The summed E-state index contributed by atoms with van der Waals surface area (Å²) >= 11 is 5.93. The molecule has 22 heavy (non-hydrogen) atoms. The first-order valence-corrected chi connectivity index (χ1v) is 6.87. The van der Waals surface area contributed by atoms with Gasteiger partial charge in [0.1, 0.15) is 17.7 Å². The van der Waals surface area contributed by atoms with Crippen molar-refractivity contribution in [3.05, 3.63) is 48.7 Å². The molecule has 0 saturated heterocycles. The van der Waals surface area contributed by atoms with E-state index in [2.05, 4.69) is 25.4 Å². The molecule has 0 fully saturated rings. The summed E-state index contributed by atoms with van der Waals surface area (Å²) in [4.78, 5) is 12.8. The van der Waals surface area contributed by atoms with Crippen molar-refractivity contribution in [2.75, 3.05) is 5.32 Å². The molecule has 0 aromatic carbocycles. The molecule has 4 rings (SSSR count). The predicted molar refractivity (Wildman–Crippen MR) is 81.6 cm³/mol. The van der Waals surface area contributed by atoms with Gasteiger partial charge in [0.15, 0.2) is 11.6 Å². The van der Waals surface area contributed by atoms with Gasteiger partial charge in [0.2, 0.25) is 5.28 Å². The molecule has 8 nitrogen and oxygen atoms in total. The number of fused-ring (bicyclic) bond motifs is 1. The van der Waals surface area contributed by atoms with Gasteiger partial charge in [-0.2, -0.15) is 4.98 Å². The Labute approximate surface area is 130 Å². The standard InChI is InChI=1S/C13H11ClN8/c1-20-6-11(16-7-20)21-5-10(15-8-21)17-12-9-3-2-4-22(9)19-13(14)18-12/h2-8H,1H3,(H,17,18,19). The Morgan fingerprint density at radius 2 is 2.09 bits per heavy atom. The molecule has 0 aliphatic heterocycles. The fourth-order valence-corrected chi connectivity index (χ4v) is 2.33. The average Bonchev–Trinajstić information content (AvgIpc) is 3.18. The van der Waals surface area contributed by atoms with Crippen LogP contribution in [0.5, 0.6) is 0 Å². The summed E-state index contributed by atoms with van der Waals surface area (Å²) in [7, 11) is 1.92. The number of imidazole rings is 2. The first-order valence-electron chi connectivity index (χ1n) is 6.49. The summed E-state index contributed by atoms with van der Waals surface area (Å²) in [5, 5.41) is 7.40. The lowest BCUT2D eigenvalue weighted by Crippen LogP contribution is -2.01. The van der Waals surface area contributed by atoms with Crippen molar-refractivity contribution in [2.24, 2.45) is 7.05 Å². The minimum absolute atomic E-state index is 0.162. The van der Waals surface area contributed by atoms with Crippen LogP contribution in [0.3, 0.4) is 0 Å². The monoisotopic (exact) mass is 314 g/mol. The Kier molecular flexibility index (Phi) is 2.83. The van der Waals surface area contributed by atoms with Gasteiger partial charge in [0.25, 0.3) is 0 Å². The van der Waals surface area contributed by atoms with Crippen LogP contribution in [0.25, 0.3) is 11.3 Å². The van der Waals surface area contributed by atoms with E-state index in [9.17, 15) is 0 Å². The third-order valence-corrected chi connectivity index (χ3v) is 3.31. The summed E-state index contributed by atoms with van der Waals surface area (Å²) in [6.07, 6.45) is 8.95. The normalized spacial score (nSPS) is 11.2. The zero-order chi connectivity index (χ0) is 15.1. The molecule has 0 aliphatic rings. The molecule has 9 heteroatoms. The third kappa shape index (κ3) is 2.19. The summed E-state index contributed by atoms with van der Waals surface area (Å²) in [5.74, 6) is 2.02. The second-order valence-electron chi connectivity index (χ2n) is 4.76. The molecule has 0 unspecified atom stereocenters. The summed E-state index contributed by atoms with van der Waals surface area (Å²) in [5.41, 5.74) is 0.816. The lowest BCUT2D eigenvalue weighted by atomic mass is 10.5. The number of halogens is 1. The minimum Gasteiger partial charge on any atom is -0.338 e. The fourth-order valence-electron chi connectivity index (χ4n) is 2.17. The molecule has 0 amide bonds. The van der Waals surface area contributed by atoms with E-state index >= 15 is 0 Å². The Bertz CT molecular complexity index is 950. The third-order valence-electron chi connectivity index (χ3n) is 3.15. The van der Waals surface area contributed by atoms with E-state index in [1.165, 1.54) is 0 Å². The van der Waals surface area contributed by atoms with Gasteiger partial charge in [-0.05, 0) is 23.7 Å². The van der Waals surface area contributed by atoms with E-state index in [0.717, 1.165) is 11.3 Å². The quantitative estimate of drug-likeness (QED) is 0.626. The highest BCUT2D eigenvalue weighted by molar-refractivity contribution is 6.28. The molecule has 0 saturated carbocycles. The van der Waals surface area contributed by atoms with Crippen molar-refractivity contribution in [1.82, 2.24) is 33.7 Å². The Morgan fingerprint density at radius 3 is 2.91 bits per heavy atom. The van der Waals surface area contributed by atoms with Crippen LogP contribution < -0.4 is 5.32 Å². The minimum atomic E-state index is 0.162. The van der Waals surface area contributed by atoms with E-state index < -0.39 is 0 Å². The van der Waals surface area contributed by atoms with E-state index in [-0.39, 0.29) is 5.28 Å². The molecular formula is C13H11ClN8. The summed E-state index contributed by atoms with van der Waals surface area (Å²) < 4.78 is 5.35. The number of rotatable bonds is 3. The molecular weight excluding hydrogens is 304 g/mol. The van der Waals surface area contributed by atoms with Crippen molar-refractivity contribution < 1.29 is 0 Å². The van der Waals surface area contributed by atoms with Crippen molar-refractivity contribution in [3.8, 4) is 5.82 Å². The van der Waals surface area contributed by atoms with Gasteiger partial charge >= 0.3 is 0 Å². The van der Waals surface area contributed by atoms with Gasteiger partial charge in [-0.15, -0.1) is 5.10 Å². The van der Waals surface area contributed by atoms with Crippen LogP contribution in [0.2, 0.25) is 5.28 Å². The number of hydrogen-bond donors (Lipinski definition) is 1. The van der Waals surface area contributed by atoms with Gasteiger partial charge in [-0.1, -0.05) is 0 Å². The molecule has 0 radical (unpaired) electrons. The number of aryl methyl sites for hydroxylation is 1. The number of aromatic nitrogens is 7. The zero-order valence-corrected chi connectivity index (χ0v) is 12.3. The van der Waals surface area contributed by atoms with Gasteiger partial charge < -0.3 is 9.88 Å².